The van der Waals surface area contributed by atoms with Gasteiger partial charge >= 0.3 is 6.16 Å². The fraction of sp³-hybridized carbons (Fsp3) is 0. The summed E-state index contributed by atoms with van der Waals surface area (Å²) in [5.41, 5.74) is 0.685. The molecule has 0 fully saturated rings. The number of halogens is 1. The minimum atomic E-state index is -1.49. The van der Waals surface area contributed by atoms with Crippen LogP contribution in [0.2, 0.25) is 5.22 Å². The molecule has 0 atom stereocenters. The van der Waals surface area contributed by atoms with Crippen LogP contribution in [-0.2, 0) is 0 Å². The van der Waals surface area contributed by atoms with Crippen molar-refractivity contribution < 1.29 is 19.1 Å². The largest absolute Gasteiger partial charge is 0.512 e. The number of ether oxygens (including phenoxy) is 1. The molecule has 0 aliphatic heterocycles. The van der Waals surface area contributed by atoms with E-state index < -0.39 is 6.16 Å². The lowest BCUT2D eigenvalue weighted by Gasteiger charge is -1.92. The zero-order valence-corrected chi connectivity index (χ0v) is 8.64. The zero-order chi connectivity index (χ0) is 11.5. The Kier molecular flexibility index (Phi) is 2.78. The van der Waals surface area contributed by atoms with E-state index in [9.17, 15) is 4.79 Å². The van der Waals surface area contributed by atoms with Crippen LogP contribution in [0.15, 0.2) is 34.7 Å². The normalized spacial score (nSPS) is 10.1. The number of hydrogen-bond donors (Lipinski definition) is 1. The maximum Gasteiger partial charge on any atom is 0.512 e. The van der Waals surface area contributed by atoms with Crippen molar-refractivity contribution in [1.29, 1.82) is 0 Å². The number of benzene rings is 1. The van der Waals surface area contributed by atoms with Crippen molar-refractivity contribution in [2.24, 2.45) is 0 Å². The van der Waals surface area contributed by atoms with Crippen LogP contribution in [0.1, 0.15) is 0 Å². The van der Waals surface area contributed by atoms with Crippen LogP contribution in [0.5, 0.6) is 5.88 Å². The molecule has 1 heterocycles. The molecule has 0 amide bonds. The molecule has 2 aromatic rings. The Morgan fingerprint density at radius 1 is 1.38 bits per heavy atom. The summed E-state index contributed by atoms with van der Waals surface area (Å²) in [6.45, 7) is 0. The molecule has 2 rings (SSSR count). The Hall–Kier alpha value is -2.01. The molecule has 1 aromatic carbocycles. The molecular weight excluding hydrogens is 234 g/mol. The van der Waals surface area contributed by atoms with E-state index >= 15 is 0 Å². The van der Waals surface area contributed by atoms with E-state index in [2.05, 4.69) is 9.72 Å². The van der Waals surface area contributed by atoms with Crippen LogP contribution in [0.25, 0.3) is 11.5 Å². The van der Waals surface area contributed by atoms with Crippen LogP contribution in [0.4, 0.5) is 4.79 Å². The minimum Gasteiger partial charge on any atom is -0.449 e. The first-order valence-corrected chi connectivity index (χ1v) is 4.67. The molecule has 16 heavy (non-hydrogen) atoms. The Labute approximate surface area is 95.2 Å². The highest BCUT2D eigenvalue weighted by atomic mass is 35.5. The second kappa shape index (κ2) is 4.24. The van der Waals surface area contributed by atoms with Crippen molar-refractivity contribution in [2.75, 3.05) is 0 Å². The maximum absolute atomic E-state index is 10.3. The van der Waals surface area contributed by atoms with Gasteiger partial charge in [-0.25, -0.2) is 4.79 Å². The second-order valence-corrected chi connectivity index (χ2v) is 3.18. The standard InChI is InChI=1S/C10H6ClNO4/c11-7-9(16-10(13)14)12-8(15-7)6-4-2-1-3-5-6/h1-5H,(H,13,14). The smallest absolute Gasteiger partial charge is 0.449 e. The molecule has 1 N–H and O–H groups in total. The topological polar surface area (TPSA) is 72.6 Å². The number of rotatable bonds is 2. The van der Waals surface area contributed by atoms with Crippen LogP contribution in [0.3, 0.4) is 0 Å². The van der Waals surface area contributed by atoms with E-state index in [4.69, 9.17) is 21.1 Å². The van der Waals surface area contributed by atoms with Crippen molar-refractivity contribution in [2.45, 2.75) is 0 Å². The highest BCUT2D eigenvalue weighted by Crippen LogP contribution is 2.30. The van der Waals surface area contributed by atoms with Crippen LogP contribution >= 0.6 is 11.6 Å². The van der Waals surface area contributed by atoms with Gasteiger partial charge in [0.1, 0.15) is 0 Å². The molecule has 0 saturated carbocycles. The number of carboxylic acid groups (broad SMARTS) is 1. The molecule has 0 spiro atoms. The number of hydrogen-bond acceptors (Lipinski definition) is 4. The van der Waals surface area contributed by atoms with Gasteiger partial charge in [-0.3, -0.25) is 0 Å². The fourth-order valence-corrected chi connectivity index (χ4v) is 1.29. The Morgan fingerprint density at radius 2 is 2.06 bits per heavy atom. The summed E-state index contributed by atoms with van der Waals surface area (Å²) in [4.78, 5) is 14.1. The van der Waals surface area contributed by atoms with Crippen molar-refractivity contribution in [1.82, 2.24) is 4.98 Å². The Bertz CT molecular complexity index is 509. The predicted octanol–water partition coefficient (Wildman–Crippen LogP) is 3.05. The van der Waals surface area contributed by atoms with E-state index in [1.54, 1.807) is 24.3 Å². The van der Waals surface area contributed by atoms with Gasteiger partial charge in [0, 0.05) is 5.56 Å². The lowest BCUT2D eigenvalue weighted by atomic mass is 10.2. The quantitative estimate of drug-likeness (QED) is 0.816. The fourth-order valence-electron chi connectivity index (χ4n) is 1.14. The first kappa shape index (κ1) is 10.5. The monoisotopic (exact) mass is 239 g/mol. The molecule has 6 heteroatoms. The van der Waals surface area contributed by atoms with E-state index in [0.717, 1.165) is 0 Å². The molecule has 5 nitrogen and oxygen atoms in total. The van der Waals surface area contributed by atoms with Crippen molar-refractivity contribution in [3.63, 3.8) is 0 Å². The van der Waals surface area contributed by atoms with Gasteiger partial charge in [-0.2, -0.15) is 4.98 Å². The van der Waals surface area contributed by atoms with Gasteiger partial charge in [0.25, 0.3) is 11.1 Å². The summed E-state index contributed by atoms with van der Waals surface area (Å²) < 4.78 is 9.39. The summed E-state index contributed by atoms with van der Waals surface area (Å²) in [5, 5.41) is 8.22. The number of carbonyl (C=O) groups is 1. The van der Waals surface area contributed by atoms with Gasteiger partial charge in [0.15, 0.2) is 0 Å². The number of nitrogens with zero attached hydrogens (tertiary/aromatic N) is 1. The molecule has 0 aliphatic rings. The molecule has 1 aromatic heterocycles. The van der Waals surface area contributed by atoms with E-state index in [0.29, 0.717) is 5.56 Å². The predicted molar refractivity (Wildman–Crippen MR) is 55.6 cm³/mol. The molecule has 0 unspecified atom stereocenters. The highest BCUT2D eigenvalue weighted by molar-refractivity contribution is 6.30. The molecule has 0 saturated heterocycles. The van der Waals surface area contributed by atoms with Gasteiger partial charge < -0.3 is 14.3 Å². The number of aromatic nitrogens is 1. The van der Waals surface area contributed by atoms with Gasteiger partial charge in [0.2, 0.25) is 5.89 Å². The first-order valence-electron chi connectivity index (χ1n) is 4.29. The summed E-state index contributed by atoms with van der Waals surface area (Å²) in [7, 11) is 0. The number of oxazole rings is 1. The second-order valence-electron chi connectivity index (χ2n) is 2.83. The lowest BCUT2D eigenvalue weighted by Crippen LogP contribution is -2.03. The first-order chi connectivity index (χ1) is 7.66. The van der Waals surface area contributed by atoms with E-state index in [-0.39, 0.29) is 17.0 Å². The Balaban J connectivity index is 2.34. The van der Waals surface area contributed by atoms with Gasteiger partial charge in [-0.15, -0.1) is 0 Å². The zero-order valence-electron chi connectivity index (χ0n) is 7.88. The van der Waals surface area contributed by atoms with E-state index in [1.807, 2.05) is 6.07 Å². The third kappa shape index (κ3) is 2.14. The van der Waals surface area contributed by atoms with E-state index in [1.165, 1.54) is 0 Å². The average molecular weight is 240 g/mol. The van der Waals surface area contributed by atoms with Gasteiger partial charge in [0.05, 0.1) is 0 Å². The third-order valence-electron chi connectivity index (χ3n) is 1.76. The average Bonchev–Trinajstić information content (AvgIpc) is 2.61. The maximum atomic E-state index is 10.3. The van der Waals surface area contributed by atoms with Crippen LogP contribution in [0, 0.1) is 0 Å². The molecule has 82 valence electrons. The molecule has 0 aliphatic carbocycles. The molecule has 0 radical (unpaired) electrons. The summed E-state index contributed by atoms with van der Waals surface area (Å²) >= 11 is 5.62. The molecular formula is C10H6ClNO4. The van der Waals surface area contributed by atoms with Crippen molar-refractivity contribution in [3.05, 3.63) is 35.6 Å². The Morgan fingerprint density at radius 3 is 2.69 bits per heavy atom. The van der Waals surface area contributed by atoms with Crippen molar-refractivity contribution in [3.8, 4) is 17.3 Å². The lowest BCUT2D eigenvalue weighted by molar-refractivity contribution is 0.142. The van der Waals surface area contributed by atoms with Gasteiger partial charge in [-0.05, 0) is 23.7 Å². The minimum absolute atomic E-state index is 0.193. The van der Waals surface area contributed by atoms with Crippen molar-refractivity contribution >= 4 is 17.8 Å². The van der Waals surface area contributed by atoms with Crippen LogP contribution in [-0.4, -0.2) is 16.2 Å². The summed E-state index contributed by atoms with van der Waals surface area (Å²) in [6.07, 6.45) is -1.49. The summed E-state index contributed by atoms with van der Waals surface area (Å²) in [5.74, 6) is -0.0464. The third-order valence-corrected chi connectivity index (χ3v) is 2.00. The summed E-state index contributed by atoms with van der Waals surface area (Å²) in [6, 6.07) is 8.94. The SMILES string of the molecule is O=C(O)Oc1nc(-c2ccccc2)oc1Cl. The molecule has 0 bridgehead atoms. The highest BCUT2D eigenvalue weighted by Gasteiger charge is 2.16. The van der Waals surface area contributed by atoms with Crippen LogP contribution < -0.4 is 4.74 Å². The van der Waals surface area contributed by atoms with Gasteiger partial charge in [-0.1, -0.05) is 18.2 Å².